The molecule has 0 radical (unpaired) electrons. The molecule has 0 unspecified atom stereocenters. The number of carbonyl (C=O) groups is 1. The number of hydrogen-bond donors (Lipinski definition) is 1. The Labute approximate surface area is 166 Å². The molecule has 0 atom stereocenters. The largest absolute Gasteiger partial charge is 0.489 e. The van der Waals surface area contributed by atoms with E-state index in [0.29, 0.717) is 30.1 Å². The number of anilines is 1. The van der Waals surface area contributed by atoms with Gasteiger partial charge in [0.05, 0.1) is 22.3 Å². The first-order valence-electron chi connectivity index (χ1n) is 9.23. The summed E-state index contributed by atoms with van der Waals surface area (Å²) in [5, 5.41) is 2.75. The first-order valence-corrected chi connectivity index (χ1v) is 10.7. The fourth-order valence-corrected chi connectivity index (χ4v) is 4.12. The zero-order valence-electron chi connectivity index (χ0n) is 16.9. The van der Waals surface area contributed by atoms with Crippen LogP contribution < -0.4 is 10.1 Å². The first-order chi connectivity index (χ1) is 13.2. The average Bonchev–Trinajstić information content (AvgIpc) is 2.64. The summed E-state index contributed by atoms with van der Waals surface area (Å²) < 4.78 is 32.8. The molecule has 0 fully saturated rings. The van der Waals surface area contributed by atoms with Crippen molar-refractivity contribution in [3.63, 3.8) is 0 Å². The number of amides is 1. The maximum atomic E-state index is 12.8. The van der Waals surface area contributed by atoms with Crippen molar-refractivity contribution in [1.29, 1.82) is 0 Å². The molecular weight excluding hydrogens is 378 g/mol. The van der Waals surface area contributed by atoms with E-state index in [2.05, 4.69) is 10.3 Å². The van der Waals surface area contributed by atoms with Crippen LogP contribution in [0.2, 0.25) is 0 Å². The van der Waals surface area contributed by atoms with E-state index in [1.165, 1.54) is 22.6 Å². The van der Waals surface area contributed by atoms with Gasteiger partial charge in [0.15, 0.2) is 0 Å². The van der Waals surface area contributed by atoms with Crippen LogP contribution in [-0.2, 0) is 10.0 Å². The summed E-state index contributed by atoms with van der Waals surface area (Å²) in [6.45, 7) is 9.83. The molecule has 0 aliphatic rings. The average molecular weight is 406 g/mol. The zero-order valence-corrected chi connectivity index (χ0v) is 17.7. The highest BCUT2D eigenvalue weighted by molar-refractivity contribution is 7.89. The number of ether oxygens (including phenoxy) is 1. The number of aromatic nitrogens is 1. The molecule has 8 heteroatoms. The molecule has 1 heterocycles. The van der Waals surface area contributed by atoms with Crippen LogP contribution >= 0.6 is 0 Å². The molecule has 0 spiro atoms. The van der Waals surface area contributed by atoms with Crippen molar-refractivity contribution in [2.45, 2.75) is 45.6 Å². The lowest BCUT2D eigenvalue weighted by Crippen LogP contribution is -2.30. The Balaban J connectivity index is 2.44. The van der Waals surface area contributed by atoms with Crippen LogP contribution in [0.15, 0.2) is 41.4 Å². The van der Waals surface area contributed by atoms with Gasteiger partial charge in [0, 0.05) is 25.0 Å². The predicted octanol–water partition coefficient (Wildman–Crippen LogP) is 3.46. The van der Waals surface area contributed by atoms with Crippen LogP contribution in [0.5, 0.6) is 5.75 Å². The minimum atomic E-state index is -3.66. The van der Waals surface area contributed by atoms with E-state index in [1.807, 2.05) is 20.8 Å². The summed E-state index contributed by atoms with van der Waals surface area (Å²) >= 11 is 0. The van der Waals surface area contributed by atoms with Gasteiger partial charge in [-0.05, 0) is 51.1 Å². The minimum absolute atomic E-state index is 0.102. The topological polar surface area (TPSA) is 88.6 Å². The van der Waals surface area contributed by atoms with Crippen LogP contribution in [0, 0.1) is 6.92 Å². The highest BCUT2D eigenvalue weighted by Gasteiger charge is 2.23. The summed E-state index contributed by atoms with van der Waals surface area (Å²) in [4.78, 5) is 16.8. The smallest absolute Gasteiger partial charge is 0.257 e. The summed E-state index contributed by atoms with van der Waals surface area (Å²) in [5.41, 5.74) is 1.47. The number of nitrogens with one attached hydrogen (secondary N) is 1. The van der Waals surface area contributed by atoms with Gasteiger partial charge in [0.2, 0.25) is 10.0 Å². The summed E-state index contributed by atoms with van der Waals surface area (Å²) in [6.07, 6.45) is 1.34. The first kappa shape index (κ1) is 21.8. The van der Waals surface area contributed by atoms with Crippen molar-refractivity contribution in [3.8, 4) is 5.75 Å². The van der Waals surface area contributed by atoms with E-state index >= 15 is 0 Å². The van der Waals surface area contributed by atoms with E-state index in [0.717, 1.165) is 5.69 Å². The van der Waals surface area contributed by atoms with E-state index in [4.69, 9.17) is 4.74 Å². The molecule has 1 N–H and O–H groups in total. The van der Waals surface area contributed by atoms with Gasteiger partial charge >= 0.3 is 0 Å². The Kier molecular flexibility index (Phi) is 7.15. The number of benzene rings is 1. The molecule has 0 saturated heterocycles. The maximum Gasteiger partial charge on any atom is 0.257 e. The third kappa shape index (κ3) is 5.08. The van der Waals surface area contributed by atoms with Crippen molar-refractivity contribution in [3.05, 3.63) is 47.8 Å². The normalized spacial score (nSPS) is 11.7. The van der Waals surface area contributed by atoms with E-state index < -0.39 is 15.9 Å². The number of sulfonamides is 1. The summed E-state index contributed by atoms with van der Waals surface area (Å²) in [5.74, 6) is 0.0143. The van der Waals surface area contributed by atoms with Crippen LogP contribution in [0.3, 0.4) is 0 Å². The quantitative estimate of drug-likeness (QED) is 0.727. The molecule has 152 valence electrons. The van der Waals surface area contributed by atoms with Gasteiger partial charge in [-0.15, -0.1) is 0 Å². The third-order valence-corrected chi connectivity index (χ3v) is 6.12. The second-order valence-corrected chi connectivity index (χ2v) is 8.49. The Morgan fingerprint density at radius 1 is 1.18 bits per heavy atom. The van der Waals surface area contributed by atoms with Crippen molar-refractivity contribution >= 4 is 21.6 Å². The van der Waals surface area contributed by atoms with Gasteiger partial charge in [-0.25, -0.2) is 8.42 Å². The maximum absolute atomic E-state index is 12.8. The van der Waals surface area contributed by atoms with E-state index in [1.54, 1.807) is 32.0 Å². The van der Waals surface area contributed by atoms with E-state index in [-0.39, 0.29) is 11.0 Å². The Morgan fingerprint density at radius 2 is 1.86 bits per heavy atom. The molecule has 2 aromatic rings. The van der Waals surface area contributed by atoms with Crippen molar-refractivity contribution in [2.75, 3.05) is 18.4 Å². The van der Waals surface area contributed by atoms with Gasteiger partial charge < -0.3 is 10.1 Å². The predicted molar refractivity (Wildman–Crippen MR) is 109 cm³/mol. The van der Waals surface area contributed by atoms with Crippen molar-refractivity contribution < 1.29 is 17.9 Å². The van der Waals surface area contributed by atoms with Crippen LogP contribution in [-0.4, -0.2) is 42.8 Å². The van der Waals surface area contributed by atoms with Crippen LogP contribution in [0.1, 0.15) is 43.7 Å². The fraction of sp³-hybridized carbons (Fsp3) is 0.400. The zero-order chi connectivity index (χ0) is 20.9. The van der Waals surface area contributed by atoms with Gasteiger partial charge in [-0.2, -0.15) is 4.31 Å². The number of hydrogen-bond acceptors (Lipinski definition) is 5. The van der Waals surface area contributed by atoms with Crippen LogP contribution in [0.4, 0.5) is 5.69 Å². The second kappa shape index (κ2) is 9.16. The standard InChI is InChI=1S/C20H27N3O4S/c1-6-23(7-2)28(25,26)17-10-11-19(27-14(3)4)18(12-17)22-20(24)16-9-8-15(5)21-13-16/h8-14H,6-7H2,1-5H3,(H,22,24). The number of pyridine rings is 1. The number of rotatable bonds is 8. The summed E-state index contributed by atoms with van der Waals surface area (Å²) in [6, 6.07) is 7.90. The van der Waals surface area contributed by atoms with Crippen molar-refractivity contribution in [1.82, 2.24) is 9.29 Å². The Bertz CT molecular complexity index is 921. The van der Waals surface area contributed by atoms with Gasteiger partial charge in [-0.1, -0.05) is 13.8 Å². The molecule has 28 heavy (non-hydrogen) atoms. The second-order valence-electron chi connectivity index (χ2n) is 6.56. The lowest BCUT2D eigenvalue weighted by molar-refractivity contribution is 0.102. The molecule has 1 aromatic heterocycles. The molecule has 0 aliphatic carbocycles. The SMILES string of the molecule is CCN(CC)S(=O)(=O)c1ccc(OC(C)C)c(NC(=O)c2ccc(C)nc2)c1. The molecular formula is C20H27N3O4S. The molecule has 1 aromatic carbocycles. The minimum Gasteiger partial charge on any atom is -0.489 e. The highest BCUT2D eigenvalue weighted by Crippen LogP contribution is 2.30. The fourth-order valence-electron chi connectivity index (χ4n) is 2.63. The number of nitrogens with zero attached hydrogens (tertiary/aromatic N) is 2. The van der Waals surface area contributed by atoms with Gasteiger partial charge in [0.1, 0.15) is 5.75 Å². The van der Waals surface area contributed by atoms with Gasteiger partial charge in [-0.3, -0.25) is 9.78 Å². The third-order valence-electron chi connectivity index (χ3n) is 4.08. The molecule has 0 aliphatic heterocycles. The molecule has 1 amide bonds. The molecule has 2 rings (SSSR count). The van der Waals surface area contributed by atoms with Crippen LogP contribution in [0.25, 0.3) is 0 Å². The van der Waals surface area contributed by atoms with Gasteiger partial charge in [0.25, 0.3) is 5.91 Å². The highest BCUT2D eigenvalue weighted by atomic mass is 32.2. The van der Waals surface area contributed by atoms with Crippen molar-refractivity contribution in [2.24, 2.45) is 0 Å². The Morgan fingerprint density at radius 3 is 2.39 bits per heavy atom. The number of carbonyl (C=O) groups excluding carboxylic acids is 1. The number of aryl methyl sites for hydroxylation is 1. The Hall–Kier alpha value is -2.45. The lowest BCUT2D eigenvalue weighted by Gasteiger charge is -2.20. The summed E-state index contributed by atoms with van der Waals surface area (Å²) in [7, 11) is -3.66. The lowest BCUT2D eigenvalue weighted by atomic mass is 10.2. The molecule has 0 bridgehead atoms. The molecule has 0 saturated carbocycles. The molecule has 7 nitrogen and oxygen atoms in total. The van der Waals surface area contributed by atoms with E-state index in [9.17, 15) is 13.2 Å². The monoisotopic (exact) mass is 405 g/mol.